The summed E-state index contributed by atoms with van der Waals surface area (Å²) in [7, 11) is 3.46. The standard InChI is InChI=1S/C14H21BrN2O2/c1-9(16)11-6-10(15)4-5-12(11)17-7-13(18-2)14(8-17)19-3/h4-6,9,13-14H,7-8,16H2,1-3H3. The molecule has 106 valence electrons. The molecule has 4 nitrogen and oxygen atoms in total. The Morgan fingerprint density at radius 2 is 1.84 bits per heavy atom. The van der Waals surface area contributed by atoms with Gasteiger partial charge in [-0.3, -0.25) is 0 Å². The van der Waals surface area contributed by atoms with Crippen molar-refractivity contribution in [3.63, 3.8) is 0 Å². The third kappa shape index (κ3) is 3.11. The number of benzene rings is 1. The van der Waals surface area contributed by atoms with Crippen molar-refractivity contribution in [3.8, 4) is 0 Å². The van der Waals surface area contributed by atoms with Gasteiger partial charge in [-0.15, -0.1) is 0 Å². The lowest BCUT2D eigenvalue weighted by Crippen LogP contribution is -2.27. The van der Waals surface area contributed by atoms with Gasteiger partial charge >= 0.3 is 0 Å². The maximum absolute atomic E-state index is 6.08. The summed E-state index contributed by atoms with van der Waals surface area (Å²) >= 11 is 3.50. The molecule has 5 heteroatoms. The molecule has 1 aromatic rings. The number of rotatable bonds is 4. The predicted octanol–water partition coefficient (Wildman–Crippen LogP) is 2.32. The van der Waals surface area contributed by atoms with E-state index in [1.165, 1.54) is 5.69 Å². The molecule has 0 aliphatic carbocycles. The van der Waals surface area contributed by atoms with Crippen molar-refractivity contribution in [2.24, 2.45) is 5.73 Å². The lowest BCUT2D eigenvalue weighted by atomic mass is 10.1. The Morgan fingerprint density at radius 3 is 2.32 bits per heavy atom. The Labute approximate surface area is 123 Å². The third-order valence-electron chi connectivity index (χ3n) is 3.64. The van der Waals surface area contributed by atoms with E-state index < -0.39 is 0 Å². The summed E-state index contributed by atoms with van der Waals surface area (Å²) in [6.07, 6.45) is 0.212. The maximum atomic E-state index is 6.08. The quantitative estimate of drug-likeness (QED) is 0.921. The molecule has 1 heterocycles. The molecule has 0 bridgehead atoms. The summed E-state index contributed by atoms with van der Waals surface area (Å²) in [6.45, 7) is 3.66. The molecule has 2 N–H and O–H groups in total. The van der Waals surface area contributed by atoms with E-state index in [4.69, 9.17) is 15.2 Å². The van der Waals surface area contributed by atoms with Crippen molar-refractivity contribution < 1.29 is 9.47 Å². The summed E-state index contributed by atoms with van der Waals surface area (Å²) in [5, 5.41) is 0. The number of ether oxygens (including phenoxy) is 2. The van der Waals surface area contributed by atoms with Crippen molar-refractivity contribution in [2.45, 2.75) is 25.2 Å². The van der Waals surface area contributed by atoms with E-state index in [9.17, 15) is 0 Å². The van der Waals surface area contributed by atoms with E-state index in [2.05, 4.69) is 33.0 Å². The molecule has 3 atom stereocenters. The molecular formula is C14H21BrN2O2. The minimum Gasteiger partial charge on any atom is -0.377 e. The number of hydrogen-bond acceptors (Lipinski definition) is 4. The number of anilines is 1. The summed E-state index contributed by atoms with van der Waals surface area (Å²) in [6, 6.07) is 6.23. The van der Waals surface area contributed by atoms with Crippen LogP contribution in [0.1, 0.15) is 18.5 Å². The van der Waals surface area contributed by atoms with Crippen LogP contribution >= 0.6 is 15.9 Å². The van der Waals surface area contributed by atoms with Gasteiger partial charge < -0.3 is 20.1 Å². The van der Waals surface area contributed by atoms with Gasteiger partial charge in [0.15, 0.2) is 0 Å². The Morgan fingerprint density at radius 1 is 1.26 bits per heavy atom. The Hall–Kier alpha value is -0.620. The van der Waals surface area contributed by atoms with Crippen LogP contribution in [-0.2, 0) is 9.47 Å². The maximum Gasteiger partial charge on any atom is 0.102 e. The number of hydrogen-bond donors (Lipinski definition) is 1. The summed E-state index contributed by atoms with van der Waals surface area (Å²) < 4.78 is 12.0. The van der Waals surface area contributed by atoms with Crippen LogP contribution in [0.25, 0.3) is 0 Å². The molecule has 1 saturated heterocycles. The zero-order chi connectivity index (χ0) is 14.0. The second-order valence-corrected chi connectivity index (χ2v) is 5.86. The van der Waals surface area contributed by atoms with E-state index >= 15 is 0 Å². The topological polar surface area (TPSA) is 47.7 Å². The number of methoxy groups -OCH3 is 2. The first-order valence-corrected chi connectivity index (χ1v) is 7.21. The molecule has 0 saturated carbocycles. The van der Waals surface area contributed by atoms with Crippen LogP contribution in [0.15, 0.2) is 22.7 Å². The van der Waals surface area contributed by atoms with Gasteiger partial charge in [0, 0.05) is 43.5 Å². The minimum absolute atomic E-state index is 0.00455. The highest BCUT2D eigenvalue weighted by Crippen LogP contribution is 2.31. The Kier molecular flexibility index (Phi) is 4.84. The highest BCUT2D eigenvalue weighted by molar-refractivity contribution is 9.10. The van der Waals surface area contributed by atoms with Gasteiger partial charge in [-0.25, -0.2) is 0 Å². The minimum atomic E-state index is -0.00455. The predicted molar refractivity (Wildman–Crippen MR) is 80.6 cm³/mol. The molecule has 1 aliphatic heterocycles. The molecule has 0 aromatic heterocycles. The smallest absolute Gasteiger partial charge is 0.102 e. The van der Waals surface area contributed by atoms with E-state index in [0.29, 0.717) is 0 Å². The number of nitrogens with zero attached hydrogens (tertiary/aromatic N) is 1. The van der Waals surface area contributed by atoms with Crippen LogP contribution in [0.3, 0.4) is 0 Å². The van der Waals surface area contributed by atoms with Crippen molar-refractivity contribution in [1.29, 1.82) is 0 Å². The normalized spacial score (nSPS) is 24.8. The highest BCUT2D eigenvalue weighted by atomic mass is 79.9. The SMILES string of the molecule is COC1CN(c2ccc(Br)cc2C(C)N)CC1OC. The van der Waals surface area contributed by atoms with Crippen molar-refractivity contribution in [1.82, 2.24) is 0 Å². The van der Waals surface area contributed by atoms with E-state index in [1.54, 1.807) is 14.2 Å². The lowest BCUT2D eigenvalue weighted by molar-refractivity contribution is -0.00461. The van der Waals surface area contributed by atoms with Crippen molar-refractivity contribution in [2.75, 3.05) is 32.2 Å². The van der Waals surface area contributed by atoms with Crippen LogP contribution in [0, 0.1) is 0 Å². The van der Waals surface area contributed by atoms with Crippen LogP contribution < -0.4 is 10.6 Å². The van der Waals surface area contributed by atoms with Crippen LogP contribution in [-0.4, -0.2) is 39.5 Å². The second-order valence-electron chi connectivity index (χ2n) is 4.95. The first-order chi connectivity index (χ1) is 9.06. The highest BCUT2D eigenvalue weighted by Gasteiger charge is 2.34. The fraction of sp³-hybridized carbons (Fsp3) is 0.571. The Balaban J connectivity index is 2.28. The molecule has 19 heavy (non-hydrogen) atoms. The molecule has 1 aliphatic rings. The fourth-order valence-electron chi connectivity index (χ4n) is 2.57. The van der Waals surface area contributed by atoms with Crippen molar-refractivity contribution >= 4 is 21.6 Å². The van der Waals surface area contributed by atoms with Gasteiger partial charge in [-0.1, -0.05) is 15.9 Å². The summed E-state index contributed by atoms with van der Waals surface area (Å²) in [4.78, 5) is 2.29. The third-order valence-corrected chi connectivity index (χ3v) is 4.13. The van der Waals surface area contributed by atoms with E-state index in [1.807, 2.05) is 13.0 Å². The largest absolute Gasteiger partial charge is 0.377 e. The molecule has 2 rings (SSSR count). The van der Waals surface area contributed by atoms with E-state index in [-0.39, 0.29) is 18.2 Å². The van der Waals surface area contributed by atoms with Gasteiger partial charge in [0.05, 0.1) is 0 Å². The Bertz CT molecular complexity index is 427. The first-order valence-electron chi connectivity index (χ1n) is 6.42. The summed E-state index contributed by atoms with van der Waals surface area (Å²) in [5.74, 6) is 0. The zero-order valence-electron chi connectivity index (χ0n) is 11.6. The van der Waals surface area contributed by atoms with Crippen LogP contribution in [0.2, 0.25) is 0 Å². The second kappa shape index (κ2) is 6.22. The molecule has 0 spiro atoms. The fourth-order valence-corrected chi connectivity index (χ4v) is 2.95. The molecule has 0 radical (unpaired) electrons. The van der Waals surface area contributed by atoms with Gasteiger partial charge in [0.25, 0.3) is 0 Å². The van der Waals surface area contributed by atoms with Gasteiger partial charge in [-0.05, 0) is 30.7 Å². The van der Waals surface area contributed by atoms with Crippen molar-refractivity contribution in [3.05, 3.63) is 28.2 Å². The molecule has 3 unspecified atom stereocenters. The van der Waals surface area contributed by atoms with Gasteiger partial charge in [0.1, 0.15) is 12.2 Å². The average molecular weight is 329 g/mol. The zero-order valence-corrected chi connectivity index (χ0v) is 13.2. The summed E-state index contributed by atoms with van der Waals surface area (Å²) in [5.41, 5.74) is 8.38. The molecule has 0 amide bonds. The first kappa shape index (κ1) is 14.8. The number of nitrogens with two attached hydrogens (primary N) is 1. The lowest BCUT2D eigenvalue weighted by Gasteiger charge is -2.23. The monoisotopic (exact) mass is 328 g/mol. The molecule has 1 fully saturated rings. The van der Waals surface area contributed by atoms with Gasteiger partial charge in [-0.2, -0.15) is 0 Å². The van der Waals surface area contributed by atoms with Gasteiger partial charge in [0.2, 0.25) is 0 Å². The average Bonchev–Trinajstić information content (AvgIpc) is 2.81. The molecule has 1 aromatic carbocycles. The molecular weight excluding hydrogens is 308 g/mol. The van der Waals surface area contributed by atoms with Crippen LogP contribution in [0.4, 0.5) is 5.69 Å². The van der Waals surface area contributed by atoms with Crippen LogP contribution in [0.5, 0.6) is 0 Å². The number of halogens is 1. The van der Waals surface area contributed by atoms with E-state index in [0.717, 1.165) is 23.1 Å².